The monoisotopic (exact) mass is 524 g/mol. The van der Waals surface area contributed by atoms with Crippen molar-refractivity contribution in [2.75, 3.05) is 26.7 Å². The van der Waals surface area contributed by atoms with E-state index in [-0.39, 0.29) is 28.8 Å². The smallest absolute Gasteiger partial charge is 0.408 e. The Morgan fingerprint density at radius 3 is 2.76 bits per heavy atom. The molecule has 11 nitrogen and oxygen atoms in total. The zero-order valence-corrected chi connectivity index (χ0v) is 21.5. The minimum absolute atomic E-state index is 0.0404. The molecule has 0 aliphatic carbocycles. The average Bonchev–Trinajstić information content (AvgIpc) is 3.47. The SMILES string of the molecule is CN(CC(=O)N1CCCC(Cc2nncn2-c2ccccc2)C1)S(=O)(=O)c1ccc2c(c1)oc(=O)n2C. The molecule has 194 valence electrons. The number of carbonyl (C=O) groups is 1. The molecule has 0 saturated carbocycles. The number of hydrogen-bond acceptors (Lipinski definition) is 7. The van der Waals surface area contributed by atoms with Crippen molar-refractivity contribution >= 4 is 27.0 Å². The highest BCUT2D eigenvalue weighted by Gasteiger charge is 2.29. The summed E-state index contributed by atoms with van der Waals surface area (Å²) in [6, 6.07) is 14.1. The number of nitrogens with zero attached hydrogens (tertiary/aromatic N) is 6. The van der Waals surface area contributed by atoms with E-state index in [1.807, 2.05) is 34.9 Å². The van der Waals surface area contributed by atoms with Crippen molar-refractivity contribution < 1.29 is 17.6 Å². The number of likely N-dealkylation sites (tertiary alicyclic amines) is 1. The third kappa shape index (κ3) is 4.94. The molecule has 1 fully saturated rings. The summed E-state index contributed by atoms with van der Waals surface area (Å²) in [6.07, 6.45) is 4.13. The van der Waals surface area contributed by atoms with Crippen molar-refractivity contribution in [3.8, 4) is 5.69 Å². The van der Waals surface area contributed by atoms with Crippen LogP contribution in [0.1, 0.15) is 18.7 Å². The fraction of sp³-hybridized carbons (Fsp3) is 0.360. The van der Waals surface area contributed by atoms with Gasteiger partial charge in [-0.15, -0.1) is 10.2 Å². The van der Waals surface area contributed by atoms with E-state index in [1.165, 1.54) is 29.8 Å². The summed E-state index contributed by atoms with van der Waals surface area (Å²) in [5.41, 5.74) is 1.65. The van der Waals surface area contributed by atoms with E-state index in [0.29, 0.717) is 25.0 Å². The van der Waals surface area contributed by atoms with Gasteiger partial charge in [-0.25, -0.2) is 13.2 Å². The highest BCUT2D eigenvalue weighted by atomic mass is 32.2. The number of likely N-dealkylation sites (N-methyl/N-ethyl adjacent to an activating group) is 1. The Kier molecular flexibility index (Phi) is 6.69. The normalized spacial score (nSPS) is 16.5. The molecule has 2 aromatic heterocycles. The molecular weight excluding hydrogens is 496 g/mol. The van der Waals surface area contributed by atoms with Crippen LogP contribution >= 0.6 is 0 Å². The molecule has 1 saturated heterocycles. The Hall–Kier alpha value is -3.77. The number of fused-ring (bicyclic) bond motifs is 1. The number of oxazole rings is 1. The van der Waals surface area contributed by atoms with Crippen LogP contribution in [0.4, 0.5) is 0 Å². The van der Waals surface area contributed by atoms with Gasteiger partial charge in [-0.3, -0.25) is 13.9 Å². The minimum atomic E-state index is -3.97. The zero-order valence-electron chi connectivity index (χ0n) is 20.6. The summed E-state index contributed by atoms with van der Waals surface area (Å²) in [4.78, 5) is 26.5. The molecule has 0 bridgehead atoms. The van der Waals surface area contributed by atoms with Crippen LogP contribution in [0.2, 0.25) is 0 Å². The number of aryl methyl sites for hydroxylation is 1. The predicted molar refractivity (Wildman–Crippen MR) is 136 cm³/mol. The lowest BCUT2D eigenvalue weighted by Crippen LogP contribution is -2.46. The van der Waals surface area contributed by atoms with Gasteiger partial charge in [-0.1, -0.05) is 18.2 Å². The van der Waals surface area contributed by atoms with E-state index in [2.05, 4.69) is 10.2 Å². The van der Waals surface area contributed by atoms with Gasteiger partial charge in [0.25, 0.3) is 0 Å². The molecule has 5 rings (SSSR count). The third-order valence-electron chi connectivity index (χ3n) is 6.83. The number of aromatic nitrogens is 4. The van der Waals surface area contributed by atoms with E-state index in [0.717, 1.165) is 28.7 Å². The van der Waals surface area contributed by atoms with Crippen molar-refractivity contribution in [3.05, 3.63) is 71.2 Å². The summed E-state index contributed by atoms with van der Waals surface area (Å²) in [7, 11) is -1.04. The molecule has 2 aromatic carbocycles. The molecule has 0 radical (unpaired) electrons. The Morgan fingerprint density at radius 2 is 1.97 bits per heavy atom. The lowest BCUT2D eigenvalue weighted by molar-refractivity contribution is -0.133. The predicted octanol–water partition coefficient (Wildman–Crippen LogP) is 1.81. The molecule has 4 aromatic rings. The maximum absolute atomic E-state index is 13.1. The summed E-state index contributed by atoms with van der Waals surface area (Å²) in [5, 5.41) is 8.36. The van der Waals surface area contributed by atoms with E-state index < -0.39 is 15.8 Å². The van der Waals surface area contributed by atoms with Crippen molar-refractivity contribution in [1.82, 2.24) is 28.5 Å². The maximum atomic E-state index is 13.1. The van der Waals surface area contributed by atoms with Crippen LogP contribution in [0.5, 0.6) is 0 Å². The second kappa shape index (κ2) is 9.94. The number of sulfonamides is 1. The van der Waals surface area contributed by atoms with Gasteiger partial charge in [0.1, 0.15) is 12.2 Å². The number of rotatable bonds is 7. The minimum Gasteiger partial charge on any atom is -0.408 e. The summed E-state index contributed by atoms with van der Waals surface area (Å²) >= 11 is 0. The van der Waals surface area contributed by atoms with Gasteiger partial charge < -0.3 is 9.32 Å². The average molecular weight is 525 g/mol. The van der Waals surface area contributed by atoms with Gasteiger partial charge in [0, 0.05) is 45.4 Å². The molecule has 1 atom stereocenters. The van der Waals surface area contributed by atoms with Crippen LogP contribution in [0.3, 0.4) is 0 Å². The molecule has 1 amide bonds. The van der Waals surface area contributed by atoms with E-state index >= 15 is 0 Å². The fourth-order valence-corrected chi connectivity index (χ4v) is 5.89. The molecule has 3 heterocycles. The number of para-hydroxylation sites is 1. The highest BCUT2D eigenvalue weighted by Crippen LogP contribution is 2.23. The number of amides is 1. The summed E-state index contributed by atoms with van der Waals surface area (Å²) < 4.78 is 35.7. The van der Waals surface area contributed by atoms with E-state index in [9.17, 15) is 18.0 Å². The molecule has 1 aliphatic rings. The maximum Gasteiger partial charge on any atom is 0.419 e. The van der Waals surface area contributed by atoms with E-state index in [4.69, 9.17) is 4.42 Å². The summed E-state index contributed by atoms with van der Waals surface area (Å²) in [5.74, 6) is 0.185. The molecular formula is C25H28N6O5S. The Balaban J connectivity index is 1.25. The van der Waals surface area contributed by atoms with Crippen LogP contribution in [0.25, 0.3) is 16.8 Å². The largest absolute Gasteiger partial charge is 0.419 e. The number of carbonyl (C=O) groups excluding carboxylic acids is 1. The van der Waals surface area contributed by atoms with Crippen LogP contribution in [0, 0.1) is 5.92 Å². The Morgan fingerprint density at radius 1 is 1.19 bits per heavy atom. The molecule has 1 aliphatic heterocycles. The fourth-order valence-electron chi connectivity index (χ4n) is 4.75. The second-order valence-corrected chi connectivity index (χ2v) is 11.4. The van der Waals surface area contributed by atoms with Crippen LogP contribution < -0.4 is 5.76 Å². The first kappa shape index (κ1) is 24.9. The highest BCUT2D eigenvalue weighted by molar-refractivity contribution is 7.89. The molecule has 37 heavy (non-hydrogen) atoms. The van der Waals surface area contributed by atoms with Crippen molar-refractivity contribution in [2.45, 2.75) is 24.2 Å². The first-order valence-electron chi connectivity index (χ1n) is 12.0. The van der Waals surface area contributed by atoms with Crippen LogP contribution in [-0.2, 0) is 28.3 Å². The van der Waals surface area contributed by atoms with Gasteiger partial charge in [0.05, 0.1) is 17.0 Å². The summed E-state index contributed by atoms with van der Waals surface area (Å²) in [6.45, 7) is 0.817. The van der Waals surface area contributed by atoms with Gasteiger partial charge in [-0.2, -0.15) is 4.31 Å². The van der Waals surface area contributed by atoms with Crippen LogP contribution in [-0.4, -0.2) is 69.5 Å². The topological polar surface area (TPSA) is 124 Å². The van der Waals surface area contributed by atoms with Gasteiger partial charge in [0.2, 0.25) is 15.9 Å². The molecule has 0 spiro atoms. The van der Waals surface area contributed by atoms with E-state index in [1.54, 1.807) is 18.3 Å². The number of hydrogen-bond donors (Lipinski definition) is 0. The van der Waals surface area contributed by atoms with Gasteiger partial charge in [-0.05, 0) is 43.0 Å². The van der Waals surface area contributed by atoms with Gasteiger partial charge in [0.15, 0.2) is 5.58 Å². The molecule has 12 heteroatoms. The molecule has 1 unspecified atom stereocenters. The van der Waals surface area contributed by atoms with Crippen molar-refractivity contribution in [1.29, 1.82) is 0 Å². The first-order chi connectivity index (χ1) is 17.7. The van der Waals surface area contributed by atoms with Crippen molar-refractivity contribution in [3.63, 3.8) is 0 Å². The Bertz CT molecular complexity index is 1590. The zero-order chi connectivity index (χ0) is 26.2. The lowest BCUT2D eigenvalue weighted by Gasteiger charge is -2.33. The quantitative estimate of drug-likeness (QED) is 0.361. The second-order valence-electron chi connectivity index (χ2n) is 9.32. The first-order valence-corrected chi connectivity index (χ1v) is 13.5. The third-order valence-corrected chi connectivity index (χ3v) is 8.62. The van der Waals surface area contributed by atoms with Gasteiger partial charge >= 0.3 is 5.76 Å². The standard InChI is InChI=1S/C25H28N6O5S/c1-28(37(34,35)20-10-11-21-22(14-20)36-25(33)29(21)2)16-24(32)30-12-6-7-18(15-30)13-23-27-26-17-31(23)19-8-4-3-5-9-19/h3-5,8-11,14,17-18H,6-7,12-13,15-16H2,1-2H3. The molecule has 0 N–H and O–H groups in total. The number of piperidine rings is 1. The lowest BCUT2D eigenvalue weighted by atomic mass is 9.94. The van der Waals surface area contributed by atoms with Crippen molar-refractivity contribution in [2.24, 2.45) is 13.0 Å². The Labute approximate surface area is 214 Å². The van der Waals surface area contributed by atoms with Crippen LogP contribution in [0.15, 0.2) is 69.0 Å². The number of benzene rings is 2.